The summed E-state index contributed by atoms with van der Waals surface area (Å²) in [5.74, 6) is 0.534. The third-order valence-corrected chi connectivity index (χ3v) is 2.32. The lowest BCUT2D eigenvalue weighted by Gasteiger charge is -1.97. The van der Waals surface area contributed by atoms with Gasteiger partial charge in [0.1, 0.15) is 5.03 Å². The summed E-state index contributed by atoms with van der Waals surface area (Å²) < 4.78 is 1.94. The summed E-state index contributed by atoms with van der Waals surface area (Å²) in [6.45, 7) is 0. The third kappa shape index (κ3) is 1.30. The van der Waals surface area contributed by atoms with E-state index in [0.717, 1.165) is 10.7 Å². The first-order valence-corrected chi connectivity index (χ1v) is 4.65. The summed E-state index contributed by atoms with van der Waals surface area (Å²) in [5, 5.41) is 1.03. The van der Waals surface area contributed by atoms with Crippen LogP contribution in [0.2, 0.25) is 0 Å². The molecule has 1 rings (SSSR count). The third-order valence-electron chi connectivity index (χ3n) is 1.34. The minimum absolute atomic E-state index is 0.534. The number of hydrogen-bond donors (Lipinski definition) is 0. The highest BCUT2D eigenvalue weighted by Gasteiger charge is 2.04. The van der Waals surface area contributed by atoms with Crippen molar-refractivity contribution in [2.75, 3.05) is 6.26 Å². The first-order valence-electron chi connectivity index (χ1n) is 2.89. The zero-order valence-corrected chi connectivity index (χ0v) is 7.54. The highest BCUT2D eigenvalue weighted by Crippen LogP contribution is 2.18. The van der Waals surface area contributed by atoms with Crippen molar-refractivity contribution in [1.82, 2.24) is 9.55 Å². The van der Waals surface area contributed by atoms with Crippen LogP contribution in [0.15, 0.2) is 11.4 Å². The molecular weight excluding hydrogens is 168 g/mol. The van der Waals surface area contributed by atoms with Gasteiger partial charge in [0.15, 0.2) is 0 Å². The first-order chi connectivity index (χ1) is 4.79. The average molecular weight is 177 g/mol. The van der Waals surface area contributed by atoms with Crippen LogP contribution in [0.4, 0.5) is 0 Å². The van der Waals surface area contributed by atoms with Crippen LogP contribution in [-0.2, 0) is 12.9 Å². The van der Waals surface area contributed by atoms with E-state index < -0.39 is 0 Å². The quantitative estimate of drug-likeness (QED) is 0.506. The van der Waals surface area contributed by atoms with Crippen LogP contribution in [0.25, 0.3) is 0 Å². The van der Waals surface area contributed by atoms with E-state index in [1.165, 1.54) is 0 Å². The minimum Gasteiger partial charge on any atom is -0.336 e. The molecule has 0 fully saturated rings. The van der Waals surface area contributed by atoms with Gasteiger partial charge in [-0.3, -0.25) is 0 Å². The van der Waals surface area contributed by atoms with E-state index in [1.54, 1.807) is 18.1 Å². The monoisotopic (exact) mass is 176 g/mol. The Morgan fingerprint density at radius 3 is 2.90 bits per heavy atom. The second kappa shape index (κ2) is 3.30. The average Bonchev–Trinajstić information content (AvgIpc) is 2.30. The molecule has 1 heterocycles. The summed E-state index contributed by atoms with van der Waals surface area (Å²) in [6, 6.07) is 0. The zero-order chi connectivity index (χ0) is 7.56. The van der Waals surface area contributed by atoms with Crippen molar-refractivity contribution in [3.63, 3.8) is 0 Å². The van der Waals surface area contributed by atoms with Gasteiger partial charge >= 0.3 is 0 Å². The predicted octanol–water partition coefficient (Wildman–Crippen LogP) is 1.88. The van der Waals surface area contributed by atoms with Crippen LogP contribution in [0, 0.1) is 0 Å². The second-order valence-electron chi connectivity index (χ2n) is 1.95. The lowest BCUT2D eigenvalue weighted by molar-refractivity contribution is 0.857. The number of hydrogen-bond acceptors (Lipinski definition) is 2. The zero-order valence-electron chi connectivity index (χ0n) is 5.97. The first kappa shape index (κ1) is 7.95. The SMILES string of the molecule is CSc1ncn(C)c1CCl. The van der Waals surface area contributed by atoms with Crippen molar-refractivity contribution in [1.29, 1.82) is 0 Å². The molecule has 1 aromatic rings. The van der Waals surface area contributed by atoms with Gasteiger partial charge in [0.2, 0.25) is 0 Å². The van der Waals surface area contributed by atoms with Gasteiger partial charge in [0.25, 0.3) is 0 Å². The number of halogens is 1. The minimum atomic E-state index is 0.534. The number of nitrogens with zero attached hydrogens (tertiary/aromatic N) is 2. The van der Waals surface area contributed by atoms with E-state index in [2.05, 4.69) is 4.98 Å². The molecule has 1 aromatic heterocycles. The molecule has 0 aliphatic carbocycles. The topological polar surface area (TPSA) is 17.8 Å². The molecule has 56 valence electrons. The Hall–Kier alpha value is -0.150. The van der Waals surface area contributed by atoms with Crippen LogP contribution in [0.1, 0.15) is 5.69 Å². The van der Waals surface area contributed by atoms with Crippen molar-refractivity contribution < 1.29 is 0 Å². The Morgan fingerprint density at radius 2 is 2.50 bits per heavy atom. The predicted molar refractivity (Wildman–Crippen MR) is 44.5 cm³/mol. The van der Waals surface area contributed by atoms with Crippen molar-refractivity contribution in [3.8, 4) is 0 Å². The number of aromatic nitrogens is 2. The fourth-order valence-corrected chi connectivity index (χ4v) is 1.75. The van der Waals surface area contributed by atoms with Crippen molar-refractivity contribution >= 4 is 23.4 Å². The van der Waals surface area contributed by atoms with Crippen molar-refractivity contribution in [2.24, 2.45) is 7.05 Å². The molecule has 0 bridgehead atoms. The molecule has 0 radical (unpaired) electrons. The Labute approximate surface area is 69.6 Å². The molecule has 0 aromatic carbocycles. The summed E-state index contributed by atoms with van der Waals surface area (Å²) in [7, 11) is 1.95. The maximum atomic E-state index is 5.68. The highest BCUT2D eigenvalue weighted by molar-refractivity contribution is 7.98. The van der Waals surface area contributed by atoms with E-state index in [0.29, 0.717) is 5.88 Å². The number of rotatable bonds is 2. The summed E-state index contributed by atoms with van der Waals surface area (Å²) >= 11 is 7.31. The Bertz CT molecular complexity index is 222. The molecule has 2 nitrogen and oxygen atoms in total. The molecule has 0 spiro atoms. The lowest BCUT2D eigenvalue weighted by Crippen LogP contribution is -1.91. The van der Waals surface area contributed by atoms with Crippen molar-refractivity contribution in [3.05, 3.63) is 12.0 Å². The van der Waals surface area contributed by atoms with E-state index in [1.807, 2.05) is 17.9 Å². The van der Waals surface area contributed by atoms with Gasteiger partial charge in [-0.1, -0.05) is 0 Å². The smallest absolute Gasteiger partial charge is 0.118 e. The van der Waals surface area contributed by atoms with Crippen LogP contribution in [0.3, 0.4) is 0 Å². The number of thioether (sulfide) groups is 1. The molecule has 0 unspecified atom stereocenters. The van der Waals surface area contributed by atoms with Crippen LogP contribution >= 0.6 is 23.4 Å². The van der Waals surface area contributed by atoms with Crippen LogP contribution < -0.4 is 0 Å². The summed E-state index contributed by atoms with van der Waals surface area (Å²) in [6.07, 6.45) is 3.78. The molecule has 0 N–H and O–H groups in total. The molecule has 4 heteroatoms. The number of alkyl halides is 1. The normalized spacial score (nSPS) is 10.3. The van der Waals surface area contributed by atoms with E-state index in [4.69, 9.17) is 11.6 Å². The van der Waals surface area contributed by atoms with Crippen molar-refractivity contribution in [2.45, 2.75) is 10.9 Å². The van der Waals surface area contributed by atoms with Gasteiger partial charge in [-0.25, -0.2) is 4.98 Å². The van der Waals surface area contributed by atoms with E-state index >= 15 is 0 Å². The maximum absolute atomic E-state index is 5.68. The molecule has 0 aliphatic rings. The largest absolute Gasteiger partial charge is 0.336 e. The van der Waals surface area contributed by atoms with Gasteiger partial charge in [0, 0.05) is 7.05 Å². The second-order valence-corrected chi connectivity index (χ2v) is 3.01. The van der Waals surface area contributed by atoms with Gasteiger partial charge < -0.3 is 4.57 Å². The summed E-state index contributed by atoms with van der Waals surface area (Å²) in [5.41, 5.74) is 1.09. The summed E-state index contributed by atoms with van der Waals surface area (Å²) in [4.78, 5) is 4.15. The van der Waals surface area contributed by atoms with Gasteiger partial charge in [-0.05, 0) is 6.26 Å². The fraction of sp³-hybridized carbons (Fsp3) is 0.500. The van der Waals surface area contributed by atoms with Crippen LogP contribution in [0.5, 0.6) is 0 Å². The molecule has 0 saturated heterocycles. The Kier molecular flexibility index (Phi) is 2.63. The lowest BCUT2D eigenvalue weighted by atomic mass is 10.5. The highest BCUT2D eigenvalue weighted by atomic mass is 35.5. The fourth-order valence-electron chi connectivity index (χ4n) is 0.756. The standard InChI is InChI=1S/C6H9ClN2S/c1-9-4-8-6(10-2)5(9)3-7/h4H,3H2,1-2H3. The molecular formula is C6H9ClN2S. The molecule has 0 saturated carbocycles. The Balaban J connectivity index is 3.01. The Morgan fingerprint density at radius 1 is 1.80 bits per heavy atom. The number of imidazole rings is 1. The molecule has 10 heavy (non-hydrogen) atoms. The number of aryl methyl sites for hydroxylation is 1. The molecule has 0 amide bonds. The van der Waals surface area contributed by atoms with E-state index in [-0.39, 0.29) is 0 Å². The van der Waals surface area contributed by atoms with E-state index in [9.17, 15) is 0 Å². The molecule has 0 aliphatic heterocycles. The van der Waals surface area contributed by atoms with Gasteiger partial charge in [-0.2, -0.15) is 0 Å². The van der Waals surface area contributed by atoms with Gasteiger partial charge in [-0.15, -0.1) is 23.4 Å². The van der Waals surface area contributed by atoms with Gasteiger partial charge in [0.05, 0.1) is 17.9 Å². The molecule has 0 atom stereocenters. The van der Waals surface area contributed by atoms with Crippen LogP contribution in [-0.4, -0.2) is 15.8 Å². The maximum Gasteiger partial charge on any atom is 0.118 e.